The molecule has 0 aromatic heterocycles. The Morgan fingerprint density at radius 2 is 1.78 bits per heavy atom. The van der Waals surface area contributed by atoms with Crippen LogP contribution >= 0.6 is 0 Å². The highest BCUT2D eigenvalue weighted by Gasteiger charge is 2.25. The van der Waals surface area contributed by atoms with E-state index in [0.29, 0.717) is 12.2 Å². The molecule has 0 unspecified atom stereocenters. The van der Waals surface area contributed by atoms with Crippen LogP contribution in [0.15, 0.2) is 6.07 Å². The summed E-state index contributed by atoms with van der Waals surface area (Å²) in [7, 11) is 0. The molecule has 0 radical (unpaired) electrons. The summed E-state index contributed by atoms with van der Waals surface area (Å²) in [4.78, 5) is 12.3. The van der Waals surface area contributed by atoms with Crippen molar-refractivity contribution in [2.75, 3.05) is 0 Å². The second-order valence-electron chi connectivity index (χ2n) is 5.79. The van der Waals surface area contributed by atoms with Crippen LogP contribution in [0.25, 0.3) is 0 Å². The van der Waals surface area contributed by atoms with Crippen LogP contribution in [0.2, 0.25) is 0 Å². The van der Waals surface area contributed by atoms with Crippen LogP contribution in [0.5, 0.6) is 5.75 Å². The topological polar surface area (TPSA) is 37.3 Å². The van der Waals surface area contributed by atoms with E-state index in [1.165, 1.54) is 0 Å². The van der Waals surface area contributed by atoms with Gasteiger partial charge in [0.2, 0.25) is 0 Å². The molecule has 1 N–H and O–H groups in total. The summed E-state index contributed by atoms with van der Waals surface area (Å²) in [5, 5.41) is 9.87. The van der Waals surface area contributed by atoms with E-state index in [1.54, 1.807) is 0 Å². The zero-order valence-corrected chi connectivity index (χ0v) is 12.3. The lowest BCUT2D eigenvalue weighted by Crippen LogP contribution is -2.25. The molecule has 0 aliphatic carbocycles. The number of aromatic hydroxyl groups is 1. The molecule has 0 fully saturated rings. The van der Waals surface area contributed by atoms with Gasteiger partial charge < -0.3 is 5.11 Å². The number of hydrogen-bond acceptors (Lipinski definition) is 2. The summed E-state index contributed by atoms with van der Waals surface area (Å²) in [6.45, 7) is 11.8. The van der Waals surface area contributed by atoms with Crippen LogP contribution in [0.4, 0.5) is 0 Å². The minimum Gasteiger partial charge on any atom is -0.507 e. The highest BCUT2D eigenvalue weighted by molar-refractivity contribution is 5.86. The zero-order valence-electron chi connectivity index (χ0n) is 12.3. The van der Waals surface area contributed by atoms with Crippen molar-refractivity contribution >= 4 is 5.78 Å². The third-order valence-electron chi connectivity index (χ3n) is 4.15. The zero-order chi connectivity index (χ0) is 14.1. The molecule has 2 heteroatoms. The van der Waals surface area contributed by atoms with Gasteiger partial charge in [-0.1, -0.05) is 26.8 Å². The lowest BCUT2D eigenvalue weighted by atomic mass is 9.81. The number of carbonyl (C=O) groups excluding carboxylic acids is 1. The molecule has 0 aliphatic heterocycles. The van der Waals surface area contributed by atoms with E-state index in [2.05, 4.69) is 0 Å². The number of Topliss-reactive ketones (excluding diaryl/α,β-unsaturated/α-hetero) is 1. The van der Waals surface area contributed by atoms with Gasteiger partial charge in [0.15, 0.2) is 0 Å². The molecular formula is C16H24O2. The Morgan fingerprint density at radius 3 is 2.28 bits per heavy atom. The first kappa shape index (κ1) is 14.7. The van der Waals surface area contributed by atoms with Crippen LogP contribution < -0.4 is 0 Å². The third kappa shape index (κ3) is 2.74. The summed E-state index contributed by atoms with van der Waals surface area (Å²) in [5.41, 5.74) is 3.52. The largest absolute Gasteiger partial charge is 0.507 e. The van der Waals surface area contributed by atoms with Gasteiger partial charge in [-0.15, -0.1) is 0 Å². The van der Waals surface area contributed by atoms with E-state index in [-0.39, 0.29) is 11.2 Å². The van der Waals surface area contributed by atoms with Crippen LogP contribution in [0.1, 0.15) is 49.4 Å². The van der Waals surface area contributed by atoms with E-state index in [1.807, 2.05) is 47.6 Å². The molecule has 0 saturated carbocycles. The Hall–Kier alpha value is -1.31. The Morgan fingerprint density at radius 1 is 1.22 bits per heavy atom. The number of phenolic OH excluding ortho intramolecular Hbond substituents is 1. The minimum atomic E-state index is -0.272. The minimum absolute atomic E-state index is 0.262. The van der Waals surface area contributed by atoms with Crippen molar-refractivity contribution in [1.29, 1.82) is 0 Å². The van der Waals surface area contributed by atoms with Crippen molar-refractivity contribution in [3.05, 3.63) is 28.3 Å². The highest BCUT2D eigenvalue weighted by Crippen LogP contribution is 2.30. The molecule has 1 rings (SSSR count). The first-order chi connectivity index (χ1) is 8.20. The molecule has 0 spiro atoms. The van der Waals surface area contributed by atoms with Crippen molar-refractivity contribution in [3.8, 4) is 5.75 Å². The summed E-state index contributed by atoms with van der Waals surface area (Å²) in [5.74, 6) is 0.607. The lowest BCUT2D eigenvalue weighted by molar-refractivity contribution is -0.126. The van der Waals surface area contributed by atoms with Crippen molar-refractivity contribution in [2.45, 2.75) is 54.4 Å². The molecule has 0 saturated heterocycles. The fraction of sp³-hybridized carbons (Fsp3) is 0.562. The Balaban J connectivity index is 3.10. The summed E-state index contributed by atoms with van der Waals surface area (Å²) in [6, 6.07) is 1.93. The fourth-order valence-electron chi connectivity index (χ4n) is 1.95. The quantitative estimate of drug-likeness (QED) is 0.878. The van der Waals surface area contributed by atoms with Gasteiger partial charge in [-0.2, -0.15) is 0 Å². The fourth-order valence-corrected chi connectivity index (χ4v) is 1.95. The molecule has 100 valence electrons. The summed E-state index contributed by atoms with van der Waals surface area (Å²) >= 11 is 0. The predicted octanol–water partition coefficient (Wildman–Crippen LogP) is 3.87. The average molecular weight is 248 g/mol. The van der Waals surface area contributed by atoms with Crippen LogP contribution in [0.3, 0.4) is 0 Å². The molecule has 1 aromatic carbocycles. The number of benzene rings is 1. The molecule has 0 bridgehead atoms. The number of aryl methyl sites for hydroxylation is 1. The van der Waals surface area contributed by atoms with Gasteiger partial charge >= 0.3 is 0 Å². The van der Waals surface area contributed by atoms with E-state index < -0.39 is 0 Å². The van der Waals surface area contributed by atoms with Gasteiger partial charge in [0.05, 0.1) is 0 Å². The van der Waals surface area contributed by atoms with Gasteiger partial charge in [-0.25, -0.2) is 0 Å². The first-order valence-electron chi connectivity index (χ1n) is 6.52. The molecule has 0 heterocycles. The van der Waals surface area contributed by atoms with Crippen molar-refractivity contribution in [1.82, 2.24) is 0 Å². The smallest absolute Gasteiger partial charge is 0.142 e. The molecular weight excluding hydrogens is 224 g/mol. The average Bonchev–Trinajstić information content (AvgIpc) is 2.33. The number of hydrogen-bond donors (Lipinski definition) is 1. The maximum Gasteiger partial charge on any atom is 0.142 e. The highest BCUT2D eigenvalue weighted by atomic mass is 16.3. The van der Waals surface area contributed by atoms with E-state index >= 15 is 0 Å². The normalized spacial score (nSPS) is 11.7. The Bertz CT molecular complexity index is 470. The second-order valence-corrected chi connectivity index (χ2v) is 5.79. The van der Waals surface area contributed by atoms with Crippen molar-refractivity contribution < 1.29 is 9.90 Å². The number of ketones is 1. The summed E-state index contributed by atoms with van der Waals surface area (Å²) < 4.78 is 0. The lowest BCUT2D eigenvalue weighted by Gasteiger charge is -2.22. The molecule has 1 aromatic rings. The van der Waals surface area contributed by atoms with Gasteiger partial charge in [0.25, 0.3) is 0 Å². The van der Waals surface area contributed by atoms with Crippen LogP contribution in [0, 0.1) is 26.2 Å². The van der Waals surface area contributed by atoms with Crippen molar-refractivity contribution in [3.63, 3.8) is 0 Å². The van der Waals surface area contributed by atoms with Gasteiger partial charge in [0.1, 0.15) is 11.5 Å². The summed E-state index contributed by atoms with van der Waals surface area (Å²) in [6.07, 6.45) is 1.30. The van der Waals surface area contributed by atoms with Crippen LogP contribution in [-0.4, -0.2) is 10.9 Å². The second kappa shape index (κ2) is 5.13. The molecule has 0 atom stereocenters. The predicted molar refractivity (Wildman–Crippen MR) is 75.1 cm³/mol. The van der Waals surface area contributed by atoms with Gasteiger partial charge in [-0.3, -0.25) is 4.79 Å². The van der Waals surface area contributed by atoms with E-state index in [0.717, 1.165) is 28.7 Å². The SMILES string of the molecule is CCC(C)(C)C(=O)Cc1cc(C)c(O)c(C)c1C. The van der Waals surface area contributed by atoms with E-state index in [4.69, 9.17) is 0 Å². The van der Waals surface area contributed by atoms with E-state index in [9.17, 15) is 9.90 Å². The number of phenols is 1. The maximum atomic E-state index is 12.3. The Kier molecular flexibility index (Phi) is 4.20. The number of carbonyl (C=O) groups is 1. The standard InChI is InChI=1S/C16H24O2/c1-7-16(5,6)14(17)9-13-8-10(2)15(18)12(4)11(13)3/h8,18H,7,9H2,1-6H3. The monoisotopic (exact) mass is 248 g/mol. The number of rotatable bonds is 4. The molecule has 18 heavy (non-hydrogen) atoms. The first-order valence-corrected chi connectivity index (χ1v) is 6.52. The van der Waals surface area contributed by atoms with Crippen LogP contribution in [-0.2, 0) is 11.2 Å². The molecule has 0 aliphatic rings. The Labute approximate surface area is 110 Å². The molecule has 2 nitrogen and oxygen atoms in total. The molecule has 0 amide bonds. The van der Waals surface area contributed by atoms with Gasteiger partial charge in [0, 0.05) is 11.8 Å². The van der Waals surface area contributed by atoms with Crippen molar-refractivity contribution in [2.24, 2.45) is 5.41 Å². The van der Waals surface area contributed by atoms with Gasteiger partial charge in [-0.05, 0) is 49.4 Å². The maximum absolute atomic E-state index is 12.3. The third-order valence-corrected chi connectivity index (χ3v) is 4.15.